The van der Waals surface area contributed by atoms with Crippen LogP contribution in [-0.4, -0.2) is 32.4 Å². The minimum Gasteiger partial charge on any atom is -0.329 e. The standard InChI is InChI=1S/C19H23N5/c20-9-12-23(13-16-14-24-11-2-1-8-18(24)22-16)17-7-3-5-15-6-4-10-21-19(15)17/h1-2,4,6,8,10-11,14,17H,3,5,7,9,12-13,20H2. The molecule has 3 heterocycles. The molecule has 0 bridgehead atoms. The maximum absolute atomic E-state index is 5.90. The molecule has 2 N–H and O–H groups in total. The van der Waals surface area contributed by atoms with E-state index in [1.54, 1.807) is 0 Å². The van der Waals surface area contributed by atoms with Gasteiger partial charge < -0.3 is 10.1 Å². The van der Waals surface area contributed by atoms with Crippen LogP contribution in [0.1, 0.15) is 35.8 Å². The van der Waals surface area contributed by atoms with E-state index in [0.717, 1.165) is 37.3 Å². The molecule has 124 valence electrons. The highest BCUT2D eigenvalue weighted by molar-refractivity contribution is 5.39. The second-order valence-corrected chi connectivity index (χ2v) is 6.41. The fourth-order valence-electron chi connectivity index (χ4n) is 3.72. The van der Waals surface area contributed by atoms with Gasteiger partial charge in [0.15, 0.2) is 0 Å². The van der Waals surface area contributed by atoms with Gasteiger partial charge in [0.1, 0.15) is 5.65 Å². The van der Waals surface area contributed by atoms with Gasteiger partial charge in [-0.25, -0.2) is 4.98 Å². The van der Waals surface area contributed by atoms with Crippen LogP contribution in [0.15, 0.2) is 48.9 Å². The first-order chi connectivity index (χ1) is 11.8. The Morgan fingerprint density at radius 2 is 2.21 bits per heavy atom. The zero-order valence-corrected chi connectivity index (χ0v) is 13.8. The summed E-state index contributed by atoms with van der Waals surface area (Å²) >= 11 is 0. The molecule has 0 fully saturated rings. The summed E-state index contributed by atoms with van der Waals surface area (Å²) in [5.74, 6) is 0. The molecule has 4 rings (SSSR count). The average Bonchev–Trinajstić information content (AvgIpc) is 3.03. The van der Waals surface area contributed by atoms with Crippen LogP contribution in [0.3, 0.4) is 0 Å². The van der Waals surface area contributed by atoms with E-state index in [1.165, 1.54) is 17.7 Å². The van der Waals surface area contributed by atoms with E-state index in [1.807, 2.05) is 36.7 Å². The average molecular weight is 321 g/mol. The third-order valence-electron chi connectivity index (χ3n) is 4.80. The van der Waals surface area contributed by atoms with Crippen LogP contribution in [0, 0.1) is 0 Å². The molecule has 1 atom stereocenters. The van der Waals surface area contributed by atoms with Gasteiger partial charge in [0.25, 0.3) is 0 Å². The van der Waals surface area contributed by atoms with Crippen molar-refractivity contribution < 1.29 is 0 Å². The predicted octanol–water partition coefficient (Wildman–Crippen LogP) is 2.57. The predicted molar refractivity (Wildman–Crippen MR) is 94.6 cm³/mol. The van der Waals surface area contributed by atoms with Crippen molar-refractivity contribution in [2.75, 3.05) is 13.1 Å². The number of hydrogen-bond donors (Lipinski definition) is 1. The van der Waals surface area contributed by atoms with Gasteiger partial charge in [-0.15, -0.1) is 0 Å². The molecule has 1 aliphatic carbocycles. The van der Waals surface area contributed by atoms with Crippen LogP contribution >= 0.6 is 0 Å². The minimum atomic E-state index is 0.336. The monoisotopic (exact) mass is 321 g/mol. The Labute approximate surface area is 142 Å². The molecule has 1 unspecified atom stereocenters. The molecular formula is C19H23N5. The van der Waals surface area contributed by atoms with Gasteiger partial charge >= 0.3 is 0 Å². The third kappa shape index (κ3) is 2.92. The van der Waals surface area contributed by atoms with Crippen LogP contribution in [0.2, 0.25) is 0 Å². The molecule has 0 radical (unpaired) electrons. The highest BCUT2D eigenvalue weighted by Crippen LogP contribution is 2.33. The number of rotatable bonds is 5. The number of aryl methyl sites for hydroxylation is 1. The van der Waals surface area contributed by atoms with Crippen molar-refractivity contribution in [3.63, 3.8) is 0 Å². The molecule has 5 nitrogen and oxygen atoms in total. The Bertz CT molecular complexity index is 792. The molecule has 24 heavy (non-hydrogen) atoms. The summed E-state index contributed by atoms with van der Waals surface area (Å²) in [6.07, 6.45) is 9.53. The molecule has 3 aromatic rings. The van der Waals surface area contributed by atoms with Crippen LogP contribution < -0.4 is 5.73 Å². The Hall–Kier alpha value is -2.24. The Balaban J connectivity index is 1.63. The summed E-state index contributed by atoms with van der Waals surface area (Å²) in [5, 5.41) is 0. The SMILES string of the molecule is NCCN(Cc1cn2ccccc2n1)C1CCCc2cccnc21. The first kappa shape index (κ1) is 15.3. The summed E-state index contributed by atoms with van der Waals surface area (Å²) in [6.45, 7) is 2.31. The molecular weight excluding hydrogens is 298 g/mol. The number of pyridine rings is 2. The lowest BCUT2D eigenvalue weighted by Gasteiger charge is -2.34. The number of aromatic nitrogens is 3. The van der Waals surface area contributed by atoms with E-state index in [4.69, 9.17) is 10.7 Å². The van der Waals surface area contributed by atoms with Gasteiger partial charge in [0.2, 0.25) is 0 Å². The van der Waals surface area contributed by atoms with Crippen LogP contribution in [0.25, 0.3) is 5.65 Å². The lowest BCUT2D eigenvalue weighted by atomic mass is 9.90. The largest absolute Gasteiger partial charge is 0.329 e. The summed E-state index contributed by atoms with van der Waals surface area (Å²) in [5.41, 5.74) is 10.6. The first-order valence-electron chi connectivity index (χ1n) is 8.65. The molecule has 0 aromatic carbocycles. The van der Waals surface area contributed by atoms with Crippen molar-refractivity contribution in [3.05, 3.63) is 65.9 Å². The van der Waals surface area contributed by atoms with Crippen LogP contribution in [-0.2, 0) is 13.0 Å². The third-order valence-corrected chi connectivity index (χ3v) is 4.80. The van der Waals surface area contributed by atoms with Crippen molar-refractivity contribution in [2.45, 2.75) is 31.8 Å². The Morgan fingerprint density at radius 1 is 1.25 bits per heavy atom. The molecule has 5 heteroatoms. The molecule has 0 spiro atoms. The molecule has 1 aliphatic rings. The van der Waals surface area contributed by atoms with Crippen molar-refractivity contribution in [1.82, 2.24) is 19.3 Å². The van der Waals surface area contributed by atoms with Crippen LogP contribution in [0.4, 0.5) is 0 Å². The maximum atomic E-state index is 5.90. The quantitative estimate of drug-likeness (QED) is 0.784. The topological polar surface area (TPSA) is 59.5 Å². The van der Waals surface area contributed by atoms with Gasteiger partial charge in [0, 0.05) is 38.2 Å². The van der Waals surface area contributed by atoms with E-state index in [2.05, 4.69) is 26.5 Å². The summed E-state index contributed by atoms with van der Waals surface area (Å²) < 4.78 is 2.07. The molecule has 0 saturated carbocycles. The van der Waals surface area contributed by atoms with Crippen molar-refractivity contribution >= 4 is 5.65 Å². The molecule has 3 aromatic heterocycles. The Kier molecular flexibility index (Phi) is 4.28. The zero-order valence-electron chi connectivity index (χ0n) is 13.8. The number of hydrogen-bond acceptors (Lipinski definition) is 4. The summed E-state index contributed by atoms with van der Waals surface area (Å²) in [4.78, 5) is 11.9. The van der Waals surface area contributed by atoms with E-state index in [-0.39, 0.29) is 0 Å². The van der Waals surface area contributed by atoms with E-state index in [0.29, 0.717) is 12.6 Å². The number of imidazole rings is 1. The molecule has 0 aliphatic heterocycles. The minimum absolute atomic E-state index is 0.336. The van der Waals surface area contributed by atoms with Crippen LogP contribution in [0.5, 0.6) is 0 Å². The fourth-order valence-corrected chi connectivity index (χ4v) is 3.72. The van der Waals surface area contributed by atoms with Crippen molar-refractivity contribution in [2.24, 2.45) is 5.73 Å². The van der Waals surface area contributed by atoms with Gasteiger partial charge in [-0.2, -0.15) is 0 Å². The lowest BCUT2D eigenvalue weighted by Crippen LogP contribution is -2.35. The van der Waals surface area contributed by atoms with E-state index in [9.17, 15) is 0 Å². The van der Waals surface area contributed by atoms with Gasteiger partial charge in [-0.1, -0.05) is 12.1 Å². The van der Waals surface area contributed by atoms with E-state index < -0.39 is 0 Å². The van der Waals surface area contributed by atoms with Gasteiger partial charge in [-0.05, 0) is 43.0 Å². The maximum Gasteiger partial charge on any atom is 0.137 e. The van der Waals surface area contributed by atoms with E-state index >= 15 is 0 Å². The summed E-state index contributed by atoms with van der Waals surface area (Å²) in [6, 6.07) is 10.7. The highest BCUT2D eigenvalue weighted by atomic mass is 15.2. The molecule has 0 amide bonds. The Morgan fingerprint density at radius 3 is 3.08 bits per heavy atom. The van der Waals surface area contributed by atoms with Gasteiger partial charge in [0.05, 0.1) is 17.4 Å². The second kappa shape index (κ2) is 6.71. The number of fused-ring (bicyclic) bond motifs is 2. The summed E-state index contributed by atoms with van der Waals surface area (Å²) in [7, 11) is 0. The smallest absolute Gasteiger partial charge is 0.137 e. The zero-order chi connectivity index (χ0) is 16.4. The molecule has 0 saturated heterocycles. The second-order valence-electron chi connectivity index (χ2n) is 6.41. The normalized spacial score (nSPS) is 17.3. The number of nitrogens with two attached hydrogens (primary N) is 1. The highest BCUT2D eigenvalue weighted by Gasteiger charge is 2.27. The van der Waals surface area contributed by atoms with Gasteiger partial charge in [-0.3, -0.25) is 9.88 Å². The fraction of sp³-hybridized carbons (Fsp3) is 0.368. The van der Waals surface area contributed by atoms with Crippen molar-refractivity contribution in [3.8, 4) is 0 Å². The first-order valence-corrected chi connectivity index (χ1v) is 8.65. The number of nitrogens with zero attached hydrogens (tertiary/aromatic N) is 4. The lowest BCUT2D eigenvalue weighted by molar-refractivity contribution is 0.169. The van der Waals surface area contributed by atoms with Crippen molar-refractivity contribution in [1.29, 1.82) is 0 Å².